The average molecular weight is 295 g/mol. The van der Waals surface area contributed by atoms with Crippen molar-refractivity contribution in [2.45, 2.75) is 32.9 Å². The lowest BCUT2D eigenvalue weighted by Crippen LogP contribution is -2.57. The van der Waals surface area contributed by atoms with Crippen LogP contribution in [0, 0.1) is 5.41 Å². The van der Waals surface area contributed by atoms with E-state index in [1.807, 2.05) is 20.8 Å². The fourth-order valence-electron chi connectivity index (χ4n) is 1.95. The van der Waals surface area contributed by atoms with E-state index in [-0.39, 0.29) is 31.2 Å². The Morgan fingerprint density at radius 2 is 2.05 bits per heavy atom. The summed E-state index contributed by atoms with van der Waals surface area (Å²) < 4.78 is 32.0. The van der Waals surface area contributed by atoms with E-state index in [0.29, 0.717) is 0 Å². The molecule has 0 aliphatic carbocycles. The minimum atomic E-state index is -3.55. The Labute approximate surface area is 113 Å². The Bertz CT molecular complexity index is 427. The van der Waals surface area contributed by atoms with Crippen LogP contribution in [0.5, 0.6) is 0 Å². The molecule has 1 saturated heterocycles. The minimum Gasteiger partial charge on any atom is -0.465 e. The molecule has 112 valence electrons. The lowest BCUT2D eigenvalue weighted by molar-refractivity contribution is -0.0930. The maximum atomic E-state index is 11.3. The van der Waals surface area contributed by atoms with Crippen molar-refractivity contribution in [3.8, 4) is 0 Å². The molecule has 1 rings (SSSR count). The molecule has 0 spiro atoms. The van der Waals surface area contributed by atoms with Crippen molar-refractivity contribution in [2.75, 3.05) is 26.0 Å². The van der Waals surface area contributed by atoms with Crippen molar-refractivity contribution in [1.29, 1.82) is 0 Å². The highest BCUT2D eigenvalue weighted by atomic mass is 32.2. The molecule has 0 aromatic heterocycles. The Kier molecular flexibility index (Phi) is 4.81. The molecule has 0 aromatic rings. The highest BCUT2D eigenvalue weighted by Crippen LogP contribution is 2.28. The van der Waals surface area contributed by atoms with Crippen LogP contribution in [0.25, 0.3) is 0 Å². The van der Waals surface area contributed by atoms with E-state index < -0.39 is 22.3 Å². The molecule has 19 heavy (non-hydrogen) atoms. The van der Waals surface area contributed by atoms with Gasteiger partial charge in [-0.1, -0.05) is 20.8 Å². The summed E-state index contributed by atoms with van der Waals surface area (Å²) in [5.74, 6) is 0. The maximum Gasteiger partial charge on any atom is 0.407 e. The van der Waals surface area contributed by atoms with Gasteiger partial charge in [-0.25, -0.2) is 4.79 Å². The summed E-state index contributed by atoms with van der Waals surface area (Å²) in [4.78, 5) is 12.6. The molecule has 2 atom stereocenters. The molecular weight excluding hydrogens is 274 g/mol. The van der Waals surface area contributed by atoms with E-state index in [1.54, 1.807) is 0 Å². The third-order valence-corrected chi connectivity index (χ3v) is 3.54. The molecule has 1 fully saturated rings. The number of nitrogens with zero attached hydrogens (tertiary/aromatic N) is 1. The summed E-state index contributed by atoms with van der Waals surface area (Å²) in [6.45, 7) is 5.97. The molecule has 0 bridgehead atoms. The van der Waals surface area contributed by atoms with Gasteiger partial charge in [0.1, 0.15) is 6.10 Å². The second-order valence-electron chi connectivity index (χ2n) is 5.76. The summed E-state index contributed by atoms with van der Waals surface area (Å²) >= 11 is 0. The number of morpholine rings is 1. The standard InChI is InChI=1S/C11H21NO6S/c1-11(2,3)9-7-17-8(5-12(9)10(13)14)6-18-19(4,15)16/h8-9H,5-7H2,1-4H3,(H,13,14). The van der Waals surface area contributed by atoms with Gasteiger partial charge in [-0.2, -0.15) is 8.42 Å². The maximum absolute atomic E-state index is 11.3. The molecule has 7 nitrogen and oxygen atoms in total. The van der Waals surface area contributed by atoms with Gasteiger partial charge >= 0.3 is 6.09 Å². The van der Waals surface area contributed by atoms with Gasteiger partial charge in [0, 0.05) is 0 Å². The van der Waals surface area contributed by atoms with E-state index in [1.165, 1.54) is 4.90 Å². The lowest BCUT2D eigenvalue weighted by atomic mass is 9.85. The minimum absolute atomic E-state index is 0.104. The zero-order valence-corrected chi connectivity index (χ0v) is 12.4. The second kappa shape index (κ2) is 5.64. The topological polar surface area (TPSA) is 93.1 Å². The number of ether oxygens (including phenoxy) is 1. The van der Waals surface area contributed by atoms with Crippen LogP contribution in [0.4, 0.5) is 4.79 Å². The van der Waals surface area contributed by atoms with Crippen LogP contribution in [0.3, 0.4) is 0 Å². The molecule has 0 radical (unpaired) electrons. The predicted octanol–water partition coefficient (Wildman–Crippen LogP) is 0.756. The Morgan fingerprint density at radius 3 is 2.47 bits per heavy atom. The van der Waals surface area contributed by atoms with Crippen molar-refractivity contribution >= 4 is 16.2 Å². The molecule has 1 aliphatic heterocycles. The van der Waals surface area contributed by atoms with Crippen LogP contribution in [0.2, 0.25) is 0 Å². The zero-order chi connectivity index (χ0) is 14.8. The number of amides is 1. The molecule has 0 aromatic carbocycles. The molecule has 1 heterocycles. The van der Waals surface area contributed by atoms with Crippen molar-refractivity contribution in [1.82, 2.24) is 4.90 Å². The highest BCUT2D eigenvalue weighted by Gasteiger charge is 2.39. The summed E-state index contributed by atoms with van der Waals surface area (Å²) in [5, 5.41) is 9.23. The van der Waals surface area contributed by atoms with Gasteiger partial charge in [0.2, 0.25) is 0 Å². The van der Waals surface area contributed by atoms with E-state index in [9.17, 15) is 18.3 Å². The van der Waals surface area contributed by atoms with Gasteiger partial charge in [0.05, 0.1) is 32.1 Å². The Balaban J connectivity index is 2.69. The highest BCUT2D eigenvalue weighted by molar-refractivity contribution is 7.85. The first-order valence-corrected chi connectivity index (χ1v) is 7.78. The smallest absolute Gasteiger partial charge is 0.407 e. The quantitative estimate of drug-likeness (QED) is 0.772. The molecule has 1 aliphatic rings. The first-order chi connectivity index (χ1) is 8.50. The first-order valence-electron chi connectivity index (χ1n) is 5.96. The summed E-state index contributed by atoms with van der Waals surface area (Å²) in [5.41, 5.74) is -0.249. The van der Waals surface area contributed by atoms with Crippen molar-refractivity contribution in [2.24, 2.45) is 5.41 Å². The van der Waals surface area contributed by atoms with Gasteiger partial charge in [-0.3, -0.25) is 9.08 Å². The molecule has 8 heteroatoms. The normalized spacial score (nSPS) is 25.4. The second-order valence-corrected chi connectivity index (χ2v) is 7.40. The number of rotatable bonds is 3. The predicted molar refractivity (Wildman–Crippen MR) is 68.5 cm³/mol. The molecule has 1 N–H and O–H groups in total. The van der Waals surface area contributed by atoms with E-state index in [4.69, 9.17) is 4.74 Å². The van der Waals surface area contributed by atoms with Gasteiger partial charge in [-0.05, 0) is 5.41 Å². The molecule has 1 amide bonds. The van der Waals surface area contributed by atoms with Crippen LogP contribution in [-0.4, -0.2) is 62.7 Å². The van der Waals surface area contributed by atoms with Gasteiger partial charge in [0.15, 0.2) is 0 Å². The van der Waals surface area contributed by atoms with Crippen LogP contribution in [0.1, 0.15) is 20.8 Å². The van der Waals surface area contributed by atoms with E-state index >= 15 is 0 Å². The average Bonchev–Trinajstić information content (AvgIpc) is 2.23. The van der Waals surface area contributed by atoms with Crippen molar-refractivity contribution in [3.05, 3.63) is 0 Å². The number of carboxylic acid groups (broad SMARTS) is 1. The monoisotopic (exact) mass is 295 g/mol. The SMILES string of the molecule is CC(C)(C)C1COC(COS(C)(=O)=O)CN1C(=O)O. The van der Waals surface area contributed by atoms with Gasteiger partial charge in [-0.15, -0.1) is 0 Å². The zero-order valence-electron chi connectivity index (χ0n) is 11.6. The van der Waals surface area contributed by atoms with Crippen LogP contribution < -0.4 is 0 Å². The number of hydrogen-bond donors (Lipinski definition) is 1. The van der Waals surface area contributed by atoms with Crippen LogP contribution in [0.15, 0.2) is 0 Å². The van der Waals surface area contributed by atoms with Gasteiger partial charge < -0.3 is 9.84 Å². The first kappa shape index (κ1) is 16.2. The van der Waals surface area contributed by atoms with Crippen LogP contribution in [-0.2, 0) is 19.0 Å². The lowest BCUT2D eigenvalue weighted by Gasteiger charge is -2.44. The largest absolute Gasteiger partial charge is 0.465 e. The Morgan fingerprint density at radius 1 is 1.47 bits per heavy atom. The molecule has 2 unspecified atom stereocenters. The fourth-order valence-corrected chi connectivity index (χ4v) is 2.34. The third-order valence-electron chi connectivity index (χ3n) is 2.98. The van der Waals surface area contributed by atoms with Crippen LogP contribution >= 0.6 is 0 Å². The fraction of sp³-hybridized carbons (Fsp3) is 0.909. The van der Waals surface area contributed by atoms with Crippen molar-refractivity contribution < 1.29 is 27.2 Å². The summed E-state index contributed by atoms with van der Waals surface area (Å²) in [7, 11) is -3.55. The van der Waals surface area contributed by atoms with E-state index in [2.05, 4.69) is 4.18 Å². The van der Waals surface area contributed by atoms with Gasteiger partial charge in [0.25, 0.3) is 10.1 Å². The number of carbonyl (C=O) groups is 1. The molecule has 0 saturated carbocycles. The molecular formula is C11H21NO6S. The van der Waals surface area contributed by atoms with Crippen molar-refractivity contribution in [3.63, 3.8) is 0 Å². The Hall–Kier alpha value is -0.860. The summed E-state index contributed by atoms with van der Waals surface area (Å²) in [6, 6.07) is -0.264. The van der Waals surface area contributed by atoms with E-state index in [0.717, 1.165) is 6.26 Å². The summed E-state index contributed by atoms with van der Waals surface area (Å²) in [6.07, 6.45) is -0.653. The third kappa shape index (κ3) is 4.96. The number of hydrogen-bond acceptors (Lipinski definition) is 5.